The second kappa shape index (κ2) is 16.5. The lowest BCUT2D eigenvalue weighted by Crippen LogP contribution is -2.32. The van der Waals surface area contributed by atoms with Crippen molar-refractivity contribution >= 4 is 11.9 Å². The van der Waals surface area contributed by atoms with E-state index in [1.165, 1.54) is 0 Å². The summed E-state index contributed by atoms with van der Waals surface area (Å²) in [6, 6.07) is 0. The molecular formula is C26H42O5. The predicted octanol–water partition coefficient (Wildman–Crippen LogP) is 6.25. The molecule has 0 rings (SSSR count). The van der Waals surface area contributed by atoms with E-state index in [0.717, 1.165) is 32.1 Å². The van der Waals surface area contributed by atoms with Gasteiger partial charge >= 0.3 is 11.9 Å². The number of rotatable bonds is 20. The topological polar surface area (TPSA) is 61.8 Å². The Kier molecular flexibility index (Phi) is 15.4. The van der Waals surface area contributed by atoms with Crippen LogP contribution in [0.5, 0.6) is 0 Å². The zero-order valence-corrected chi connectivity index (χ0v) is 19.7. The van der Waals surface area contributed by atoms with Crippen LogP contribution in [-0.2, 0) is 23.8 Å². The molecule has 0 radical (unpaired) electrons. The molecule has 0 bridgehead atoms. The third-order valence-corrected chi connectivity index (χ3v) is 4.91. The van der Waals surface area contributed by atoms with Gasteiger partial charge < -0.3 is 14.2 Å². The predicted molar refractivity (Wildman–Crippen MR) is 127 cm³/mol. The van der Waals surface area contributed by atoms with Crippen LogP contribution in [0.3, 0.4) is 0 Å². The number of carbonyl (C=O) groups is 2. The molecule has 0 aliphatic rings. The molecule has 0 spiro atoms. The number of esters is 2. The van der Waals surface area contributed by atoms with Crippen molar-refractivity contribution in [3.8, 4) is 0 Å². The molecule has 0 aliphatic carbocycles. The first-order valence-corrected chi connectivity index (χ1v) is 11.2. The first-order valence-electron chi connectivity index (χ1n) is 11.2. The third kappa shape index (κ3) is 14.5. The third-order valence-electron chi connectivity index (χ3n) is 4.91. The molecule has 31 heavy (non-hydrogen) atoms. The molecule has 5 heteroatoms. The van der Waals surface area contributed by atoms with E-state index >= 15 is 0 Å². The minimum Gasteiger partial charge on any atom is -0.459 e. The van der Waals surface area contributed by atoms with Gasteiger partial charge in [0.1, 0.15) is 17.8 Å². The van der Waals surface area contributed by atoms with Crippen LogP contribution in [0, 0.1) is 0 Å². The van der Waals surface area contributed by atoms with Crippen molar-refractivity contribution in [2.24, 2.45) is 0 Å². The zero-order chi connectivity index (χ0) is 23.6. The number of ether oxygens (including phenoxy) is 3. The van der Waals surface area contributed by atoms with Crippen LogP contribution in [0.4, 0.5) is 0 Å². The average Bonchev–Trinajstić information content (AvgIpc) is 2.67. The molecule has 0 atom stereocenters. The fraction of sp³-hybridized carbons (Fsp3) is 0.615. The van der Waals surface area contributed by atoms with Gasteiger partial charge in [-0.15, -0.1) is 26.3 Å². The summed E-state index contributed by atoms with van der Waals surface area (Å²) >= 11 is 0. The van der Waals surface area contributed by atoms with Crippen LogP contribution in [0.2, 0.25) is 0 Å². The number of carbonyl (C=O) groups excluding carboxylic acids is 2. The Labute approximate surface area is 189 Å². The monoisotopic (exact) mass is 434 g/mol. The van der Waals surface area contributed by atoms with Crippen LogP contribution in [-0.4, -0.2) is 36.4 Å². The van der Waals surface area contributed by atoms with Crippen LogP contribution in [0.15, 0.2) is 50.6 Å². The van der Waals surface area contributed by atoms with Crippen molar-refractivity contribution in [2.45, 2.75) is 89.3 Å². The maximum Gasteiger partial charge on any atom is 0.332 e. The highest BCUT2D eigenvalue weighted by atomic mass is 16.6. The first kappa shape index (κ1) is 28.9. The molecule has 0 heterocycles. The van der Waals surface area contributed by atoms with E-state index in [9.17, 15) is 9.59 Å². The Morgan fingerprint density at radius 3 is 1.58 bits per heavy atom. The lowest BCUT2D eigenvalue weighted by molar-refractivity contribution is -0.163. The Hall–Kier alpha value is -2.14. The fourth-order valence-electron chi connectivity index (χ4n) is 3.34. The van der Waals surface area contributed by atoms with Gasteiger partial charge in [-0.3, -0.25) is 4.79 Å². The van der Waals surface area contributed by atoms with Crippen molar-refractivity contribution < 1.29 is 23.8 Å². The van der Waals surface area contributed by atoms with E-state index < -0.39 is 11.2 Å². The molecular weight excluding hydrogens is 392 g/mol. The fourth-order valence-corrected chi connectivity index (χ4v) is 3.34. The van der Waals surface area contributed by atoms with E-state index in [1.807, 2.05) is 13.8 Å². The maximum absolute atomic E-state index is 12.1. The van der Waals surface area contributed by atoms with Gasteiger partial charge in [0.25, 0.3) is 0 Å². The summed E-state index contributed by atoms with van der Waals surface area (Å²) in [6.45, 7) is 19.1. The van der Waals surface area contributed by atoms with Gasteiger partial charge in [0, 0.05) is 38.7 Å². The largest absolute Gasteiger partial charge is 0.459 e. The Bertz CT molecular complexity index is 508. The summed E-state index contributed by atoms with van der Waals surface area (Å²) < 4.78 is 16.5. The zero-order valence-electron chi connectivity index (χ0n) is 19.7. The molecule has 0 amide bonds. The molecule has 5 nitrogen and oxygen atoms in total. The van der Waals surface area contributed by atoms with Gasteiger partial charge in [-0.05, 0) is 26.7 Å². The van der Waals surface area contributed by atoms with E-state index in [4.69, 9.17) is 14.2 Å². The quantitative estimate of drug-likeness (QED) is 0.129. The van der Waals surface area contributed by atoms with Crippen molar-refractivity contribution in [1.82, 2.24) is 0 Å². The van der Waals surface area contributed by atoms with Crippen molar-refractivity contribution in [2.75, 3.05) is 13.2 Å². The maximum atomic E-state index is 12.1. The van der Waals surface area contributed by atoms with Gasteiger partial charge in [0.05, 0.1) is 0 Å². The highest BCUT2D eigenvalue weighted by molar-refractivity contribution is 5.71. The van der Waals surface area contributed by atoms with Gasteiger partial charge in [0.15, 0.2) is 0 Å². The summed E-state index contributed by atoms with van der Waals surface area (Å²) in [5.41, 5.74) is -1.16. The number of hydrogen-bond acceptors (Lipinski definition) is 5. The minimum absolute atomic E-state index is 0.0517. The van der Waals surface area contributed by atoms with Crippen LogP contribution >= 0.6 is 0 Å². The summed E-state index contributed by atoms with van der Waals surface area (Å²) in [7, 11) is 0. The lowest BCUT2D eigenvalue weighted by Gasteiger charge is -2.27. The molecule has 0 saturated heterocycles. The van der Waals surface area contributed by atoms with Gasteiger partial charge in [-0.25, -0.2) is 4.79 Å². The van der Waals surface area contributed by atoms with Crippen molar-refractivity contribution in [3.63, 3.8) is 0 Å². The molecule has 0 unspecified atom stereocenters. The Morgan fingerprint density at radius 1 is 0.677 bits per heavy atom. The Balaban J connectivity index is 3.85. The van der Waals surface area contributed by atoms with E-state index in [1.54, 1.807) is 24.3 Å². The summed E-state index contributed by atoms with van der Waals surface area (Å²) in [4.78, 5) is 24.0. The van der Waals surface area contributed by atoms with Gasteiger partial charge in [0.2, 0.25) is 0 Å². The average molecular weight is 435 g/mol. The van der Waals surface area contributed by atoms with Crippen LogP contribution < -0.4 is 0 Å². The molecule has 0 aromatic rings. The first-order chi connectivity index (χ1) is 14.7. The molecule has 0 aromatic carbocycles. The SMILES string of the molecule is C=CCC(C)(CC=C)OC(=O)CCCCCCCOCC(=O)OC(C)(CC=C)CC=C. The standard InChI is InChI=1S/C26H42O5/c1-7-17-25(5,18-8-2)30-23(27)16-14-12-11-13-15-21-29-22-24(28)31-26(6,19-9-3)20-10-4/h7-10H,1-4,11-22H2,5-6H3. The van der Waals surface area contributed by atoms with Crippen molar-refractivity contribution in [3.05, 3.63) is 50.6 Å². The molecule has 0 aliphatic heterocycles. The normalized spacial score (nSPS) is 11.4. The highest BCUT2D eigenvalue weighted by Crippen LogP contribution is 2.23. The highest BCUT2D eigenvalue weighted by Gasteiger charge is 2.26. The summed E-state index contributed by atoms with van der Waals surface area (Å²) in [5.74, 6) is -0.544. The van der Waals surface area contributed by atoms with E-state index in [0.29, 0.717) is 38.7 Å². The van der Waals surface area contributed by atoms with Gasteiger partial charge in [-0.2, -0.15) is 0 Å². The molecule has 0 N–H and O–H groups in total. The number of hydrogen-bond donors (Lipinski definition) is 0. The Morgan fingerprint density at radius 2 is 1.10 bits per heavy atom. The van der Waals surface area contributed by atoms with E-state index in [2.05, 4.69) is 26.3 Å². The van der Waals surface area contributed by atoms with Crippen LogP contribution in [0.25, 0.3) is 0 Å². The minimum atomic E-state index is -0.611. The lowest BCUT2D eigenvalue weighted by atomic mass is 9.98. The molecule has 0 aromatic heterocycles. The molecule has 176 valence electrons. The summed E-state index contributed by atoms with van der Waals surface area (Å²) in [6.07, 6.45) is 14.4. The molecule has 0 fully saturated rings. The molecule has 0 saturated carbocycles. The second-order valence-electron chi connectivity index (χ2n) is 8.39. The second-order valence-corrected chi connectivity index (χ2v) is 8.39. The smallest absolute Gasteiger partial charge is 0.332 e. The van der Waals surface area contributed by atoms with E-state index in [-0.39, 0.29) is 18.5 Å². The van der Waals surface area contributed by atoms with Gasteiger partial charge in [-0.1, -0.05) is 43.6 Å². The number of unbranched alkanes of at least 4 members (excludes halogenated alkanes) is 4. The summed E-state index contributed by atoms with van der Waals surface area (Å²) in [5, 5.41) is 0. The van der Waals surface area contributed by atoms with Crippen LogP contribution in [0.1, 0.15) is 78.1 Å². The van der Waals surface area contributed by atoms with Crippen molar-refractivity contribution in [1.29, 1.82) is 0 Å².